The lowest BCUT2D eigenvalue weighted by Crippen LogP contribution is -2.06. The molecule has 0 atom stereocenters. The molecule has 0 amide bonds. The van der Waals surface area contributed by atoms with Crippen molar-refractivity contribution in [3.05, 3.63) is 64.1 Å². The minimum atomic E-state index is -0.107. The molecule has 0 aliphatic carbocycles. The van der Waals surface area contributed by atoms with Gasteiger partial charge in [-0.25, -0.2) is 0 Å². The van der Waals surface area contributed by atoms with Gasteiger partial charge in [-0.2, -0.15) is 0 Å². The Labute approximate surface area is 93.7 Å². The van der Waals surface area contributed by atoms with Gasteiger partial charge in [0, 0.05) is 12.3 Å². The van der Waals surface area contributed by atoms with Crippen molar-refractivity contribution in [3.8, 4) is 5.75 Å². The number of aromatic nitrogens is 1. The predicted octanol–water partition coefficient (Wildman–Crippen LogP) is 2.26. The topological polar surface area (TPSA) is 42.1 Å². The highest BCUT2D eigenvalue weighted by Gasteiger charge is 2.00. The number of nitrogens with one attached hydrogen (secondary N) is 1. The Kier molecular flexibility index (Phi) is 3.05. The quantitative estimate of drug-likeness (QED) is 0.853. The second-order valence-electron chi connectivity index (χ2n) is 3.62. The lowest BCUT2D eigenvalue weighted by Gasteiger charge is -2.07. The van der Waals surface area contributed by atoms with Gasteiger partial charge in [-0.1, -0.05) is 30.3 Å². The van der Waals surface area contributed by atoms with Crippen LogP contribution >= 0.6 is 0 Å². The first kappa shape index (κ1) is 10.5. The SMILES string of the molecule is Cc1cc(=O)[nH]cc1OCc1ccccc1. The van der Waals surface area contributed by atoms with Gasteiger partial charge in [0.1, 0.15) is 12.4 Å². The first-order chi connectivity index (χ1) is 7.75. The van der Waals surface area contributed by atoms with Crippen molar-refractivity contribution in [2.45, 2.75) is 13.5 Å². The molecular weight excluding hydrogens is 202 g/mol. The fraction of sp³-hybridized carbons (Fsp3) is 0.154. The molecule has 2 rings (SSSR count). The molecule has 2 aromatic rings. The van der Waals surface area contributed by atoms with Crippen LogP contribution < -0.4 is 10.3 Å². The number of pyridine rings is 1. The second kappa shape index (κ2) is 4.66. The predicted molar refractivity (Wildman–Crippen MR) is 62.6 cm³/mol. The van der Waals surface area contributed by atoms with Crippen molar-refractivity contribution in [2.24, 2.45) is 0 Å². The van der Waals surface area contributed by atoms with Gasteiger partial charge in [0.05, 0.1) is 0 Å². The molecule has 16 heavy (non-hydrogen) atoms. The molecule has 0 bridgehead atoms. The molecule has 82 valence electrons. The van der Waals surface area contributed by atoms with E-state index >= 15 is 0 Å². The van der Waals surface area contributed by atoms with Gasteiger partial charge in [0.2, 0.25) is 5.56 Å². The Morgan fingerprint density at radius 1 is 1.25 bits per heavy atom. The lowest BCUT2D eigenvalue weighted by atomic mass is 10.2. The van der Waals surface area contributed by atoms with Crippen LogP contribution in [0.5, 0.6) is 5.75 Å². The van der Waals surface area contributed by atoms with Gasteiger partial charge in [-0.3, -0.25) is 4.79 Å². The molecule has 0 radical (unpaired) electrons. The zero-order valence-electron chi connectivity index (χ0n) is 9.07. The number of aryl methyl sites for hydroxylation is 1. The van der Waals surface area contributed by atoms with E-state index in [9.17, 15) is 4.79 Å². The minimum absolute atomic E-state index is 0.107. The number of aromatic amines is 1. The highest BCUT2D eigenvalue weighted by atomic mass is 16.5. The zero-order valence-corrected chi connectivity index (χ0v) is 9.07. The molecule has 3 heteroatoms. The normalized spacial score (nSPS) is 10.1. The molecule has 0 saturated heterocycles. The maximum absolute atomic E-state index is 11.0. The third kappa shape index (κ3) is 2.51. The summed E-state index contributed by atoms with van der Waals surface area (Å²) in [6.45, 7) is 2.36. The number of H-pyrrole nitrogens is 1. The van der Waals surface area contributed by atoms with Crippen LogP contribution in [0.15, 0.2) is 47.4 Å². The van der Waals surface area contributed by atoms with E-state index in [0.29, 0.717) is 12.4 Å². The van der Waals surface area contributed by atoms with Crippen LogP contribution in [-0.4, -0.2) is 4.98 Å². The maximum Gasteiger partial charge on any atom is 0.248 e. The Morgan fingerprint density at radius 2 is 2.00 bits per heavy atom. The van der Waals surface area contributed by atoms with Crippen LogP contribution in [0.4, 0.5) is 0 Å². The van der Waals surface area contributed by atoms with Crippen LogP contribution in [0.2, 0.25) is 0 Å². The molecule has 0 aliphatic rings. The minimum Gasteiger partial charge on any atom is -0.487 e. The molecule has 1 aromatic carbocycles. The molecular formula is C13H13NO2. The van der Waals surface area contributed by atoms with E-state index in [-0.39, 0.29) is 5.56 Å². The van der Waals surface area contributed by atoms with Crippen LogP contribution in [0.3, 0.4) is 0 Å². The zero-order chi connectivity index (χ0) is 11.4. The molecule has 0 spiro atoms. The fourth-order valence-corrected chi connectivity index (χ4v) is 1.45. The smallest absolute Gasteiger partial charge is 0.248 e. The summed E-state index contributed by atoms with van der Waals surface area (Å²) in [5.74, 6) is 0.712. The second-order valence-corrected chi connectivity index (χ2v) is 3.62. The highest BCUT2D eigenvalue weighted by Crippen LogP contribution is 2.14. The molecule has 0 fully saturated rings. The standard InChI is InChI=1S/C13H13NO2/c1-10-7-13(15)14-8-12(10)16-9-11-5-3-2-4-6-11/h2-8H,9H2,1H3,(H,14,15). The summed E-state index contributed by atoms with van der Waals surface area (Å²) in [7, 11) is 0. The summed E-state index contributed by atoms with van der Waals surface area (Å²) in [5.41, 5.74) is 1.84. The summed E-state index contributed by atoms with van der Waals surface area (Å²) in [6, 6.07) is 11.4. The van der Waals surface area contributed by atoms with E-state index in [1.807, 2.05) is 37.3 Å². The number of hydrogen-bond acceptors (Lipinski definition) is 2. The summed E-state index contributed by atoms with van der Waals surface area (Å²) in [6.07, 6.45) is 1.60. The van der Waals surface area contributed by atoms with Gasteiger partial charge in [0.15, 0.2) is 0 Å². The Bertz CT molecular complexity index is 517. The highest BCUT2D eigenvalue weighted by molar-refractivity contribution is 5.28. The van der Waals surface area contributed by atoms with E-state index in [1.165, 1.54) is 6.07 Å². The molecule has 0 saturated carbocycles. The largest absolute Gasteiger partial charge is 0.487 e. The average Bonchev–Trinajstić information content (AvgIpc) is 2.29. The molecule has 0 unspecified atom stereocenters. The number of ether oxygens (including phenoxy) is 1. The van der Waals surface area contributed by atoms with Crippen molar-refractivity contribution in [1.29, 1.82) is 0 Å². The molecule has 1 heterocycles. The number of hydrogen-bond donors (Lipinski definition) is 1. The van der Waals surface area contributed by atoms with Crippen molar-refractivity contribution in [1.82, 2.24) is 4.98 Å². The van der Waals surface area contributed by atoms with Crippen LogP contribution in [-0.2, 0) is 6.61 Å². The fourth-order valence-electron chi connectivity index (χ4n) is 1.45. The number of benzene rings is 1. The van der Waals surface area contributed by atoms with Crippen molar-refractivity contribution in [2.75, 3.05) is 0 Å². The summed E-state index contributed by atoms with van der Waals surface area (Å²) in [4.78, 5) is 13.6. The summed E-state index contributed by atoms with van der Waals surface area (Å²) < 4.78 is 5.61. The van der Waals surface area contributed by atoms with Gasteiger partial charge in [-0.05, 0) is 18.1 Å². The summed E-state index contributed by atoms with van der Waals surface area (Å²) >= 11 is 0. The Balaban J connectivity index is 2.08. The van der Waals surface area contributed by atoms with E-state index in [2.05, 4.69) is 4.98 Å². The van der Waals surface area contributed by atoms with E-state index < -0.39 is 0 Å². The van der Waals surface area contributed by atoms with E-state index in [0.717, 1.165) is 11.1 Å². The first-order valence-corrected chi connectivity index (χ1v) is 5.12. The van der Waals surface area contributed by atoms with Gasteiger partial charge in [0.25, 0.3) is 0 Å². The summed E-state index contributed by atoms with van der Waals surface area (Å²) in [5, 5.41) is 0. The van der Waals surface area contributed by atoms with Crippen LogP contribution in [0.25, 0.3) is 0 Å². The molecule has 1 N–H and O–H groups in total. The third-order valence-corrected chi connectivity index (χ3v) is 2.32. The van der Waals surface area contributed by atoms with E-state index in [1.54, 1.807) is 6.20 Å². The average molecular weight is 215 g/mol. The Morgan fingerprint density at radius 3 is 2.69 bits per heavy atom. The van der Waals surface area contributed by atoms with Crippen LogP contribution in [0, 0.1) is 6.92 Å². The van der Waals surface area contributed by atoms with Gasteiger partial charge >= 0.3 is 0 Å². The first-order valence-electron chi connectivity index (χ1n) is 5.12. The van der Waals surface area contributed by atoms with Gasteiger partial charge < -0.3 is 9.72 Å². The third-order valence-electron chi connectivity index (χ3n) is 2.32. The van der Waals surface area contributed by atoms with Crippen molar-refractivity contribution >= 4 is 0 Å². The van der Waals surface area contributed by atoms with Gasteiger partial charge in [-0.15, -0.1) is 0 Å². The maximum atomic E-state index is 11.0. The number of rotatable bonds is 3. The molecule has 3 nitrogen and oxygen atoms in total. The lowest BCUT2D eigenvalue weighted by molar-refractivity contribution is 0.302. The van der Waals surface area contributed by atoms with Crippen molar-refractivity contribution in [3.63, 3.8) is 0 Å². The molecule has 1 aromatic heterocycles. The molecule has 0 aliphatic heterocycles. The Hall–Kier alpha value is -2.03. The monoisotopic (exact) mass is 215 g/mol. The van der Waals surface area contributed by atoms with Crippen LogP contribution in [0.1, 0.15) is 11.1 Å². The van der Waals surface area contributed by atoms with Crippen molar-refractivity contribution < 1.29 is 4.74 Å². The van der Waals surface area contributed by atoms with E-state index in [4.69, 9.17) is 4.74 Å².